The summed E-state index contributed by atoms with van der Waals surface area (Å²) < 4.78 is 43.9. The van der Waals surface area contributed by atoms with Crippen molar-refractivity contribution in [3.63, 3.8) is 0 Å². The smallest absolute Gasteiger partial charge is 0.235 e. The summed E-state index contributed by atoms with van der Waals surface area (Å²) >= 11 is 0. The van der Waals surface area contributed by atoms with Gasteiger partial charge < -0.3 is 14.0 Å². The number of hydrogen-bond donors (Lipinski definition) is 0. The molecule has 0 aliphatic rings. The van der Waals surface area contributed by atoms with E-state index in [1.54, 1.807) is 14.2 Å². The third-order valence-electron chi connectivity index (χ3n) is 3.55. The van der Waals surface area contributed by atoms with Crippen LogP contribution < -0.4 is 14.0 Å². The molecule has 3 rings (SSSR count). The fourth-order valence-electron chi connectivity index (χ4n) is 2.36. The number of ether oxygens (including phenoxy) is 2. The number of aromatic nitrogens is 2. The first kappa shape index (κ1) is 18.8. The van der Waals surface area contributed by atoms with Gasteiger partial charge in [0.25, 0.3) is 0 Å². The summed E-state index contributed by atoms with van der Waals surface area (Å²) in [5, 5.41) is 0. The third-order valence-corrected chi connectivity index (χ3v) is 3.95. The van der Waals surface area contributed by atoms with Gasteiger partial charge in [0.2, 0.25) is 21.4 Å². The van der Waals surface area contributed by atoms with Crippen molar-refractivity contribution in [2.45, 2.75) is 0 Å². The summed E-state index contributed by atoms with van der Waals surface area (Å²) in [6.45, 7) is 0. The largest absolute Gasteiger partial charge is 0.726 e. The summed E-state index contributed by atoms with van der Waals surface area (Å²) in [7, 11) is 1.73. The first-order valence-electron chi connectivity index (χ1n) is 7.13. The minimum Gasteiger partial charge on any atom is -0.726 e. The van der Waals surface area contributed by atoms with Crippen molar-refractivity contribution >= 4 is 32.5 Å². The van der Waals surface area contributed by atoms with Crippen molar-refractivity contribution in [3.8, 4) is 11.5 Å². The molecule has 1 heterocycles. The predicted molar refractivity (Wildman–Crippen MR) is 90.2 cm³/mol. The molecule has 0 unspecified atom stereocenters. The Labute approximate surface area is 145 Å². The van der Waals surface area contributed by atoms with E-state index in [4.69, 9.17) is 14.5 Å². The molecule has 0 spiro atoms. The molecule has 9 heteroatoms. The van der Waals surface area contributed by atoms with Gasteiger partial charge in [0.15, 0.2) is 22.5 Å². The van der Waals surface area contributed by atoms with Crippen molar-refractivity contribution in [1.29, 1.82) is 0 Å². The summed E-state index contributed by atoms with van der Waals surface area (Å²) in [5.74, 6) is 1.53. The lowest BCUT2D eigenvalue weighted by Gasteiger charge is -2.07. The minimum absolute atomic E-state index is 0.765. The standard InChI is InChI=1S/C15H15N2O2.CH4O4S/c1-17-10-6-4-8-12(18-2)14(10)16-15-11(17)7-5-9-13(15)19-3;1-5-6(2,3)4/h4-9H,1-3H3;1H3,(H,2,3,4)/q+1;/p-1. The highest BCUT2D eigenvalue weighted by Gasteiger charge is 2.18. The van der Waals surface area contributed by atoms with Gasteiger partial charge in [-0.15, -0.1) is 0 Å². The van der Waals surface area contributed by atoms with Crippen LogP contribution in [0.1, 0.15) is 0 Å². The molecule has 0 radical (unpaired) electrons. The second-order valence-corrected chi connectivity index (χ2v) is 6.05. The molecule has 0 aliphatic heterocycles. The first-order chi connectivity index (χ1) is 11.8. The number of rotatable bonds is 3. The van der Waals surface area contributed by atoms with E-state index in [0.29, 0.717) is 0 Å². The van der Waals surface area contributed by atoms with Crippen LogP contribution in [-0.4, -0.2) is 39.3 Å². The highest BCUT2D eigenvalue weighted by molar-refractivity contribution is 7.80. The molecule has 0 amide bonds. The maximum Gasteiger partial charge on any atom is 0.235 e. The lowest BCUT2D eigenvalue weighted by molar-refractivity contribution is -0.618. The van der Waals surface area contributed by atoms with Gasteiger partial charge >= 0.3 is 0 Å². The Balaban J connectivity index is 0.000000326. The van der Waals surface area contributed by atoms with Crippen LogP contribution >= 0.6 is 0 Å². The maximum atomic E-state index is 9.22. The molecule has 0 fully saturated rings. The van der Waals surface area contributed by atoms with Crippen molar-refractivity contribution in [2.75, 3.05) is 21.3 Å². The number of methoxy groups -OCH3 is 2. The van der Waals surface area contributed by atoms with Crippen LogP contribution in [0.25, 0.3) is 22.1 Å². The second kappa shape index (κ2) is 7.60. The fourth-order valence-corrected chi connectivity index (χ4v) is 2.36. The van der Waals surface area contributed by atoms with E-state index in [2.05, 4.69) is 8.75 Å². The Kier molecular flexibility index (Phi) is 5.73. The van der Waals surface area contributed by atoms with E-state index >= 15 is 0 Å². The van der Waals surface area contributed by atoms with Crippen LogP contribution in [0.4, 0.5) is 0 Å². The molecule has 0 bridgehead atoms. The number of para-hydroxylation sites is 2. The van der Waals surface area contributed by atoms with E-state index < -0.39 is 10.4 Å². The van der Waals surface area contributed by atoms with Crippen molar-refractivity contribution in [2.24, 2.45) is 7.05 Å². The summed E-state index contributed by atoms with van der Waals surface area (Å²) in [6.07, 6.45) is 0. The lowest BCUT2D eigenvalue weighted by Crippen LogP contribution is -2.30. The molecule has 134 valence electrons. The van der Waals surface area contributed by atoms with Gasteiger partial charge in [-0.1, -0.05) is 12.1 Å². The summed E-state index contributed by atoms with van der Waals surface area (Å²) in [6, 6.07) is 11.8. The molecule has 0 saturated carbocycles. The molecule has 0 N–H and O–H groups in total. The summed E-state index contributed by atoms with van der Waals surface area (Å²) in [4.78, 5) is 4.71. The predicted octanol–water partition coefficient (Wildman–Crippen LogP) is 1.32. The van der Waals surface area contributed by atoms with E-state index in [-0.39, 0.29) is 0 Å². The molecular formula is C16H18N2O6S. The zero-order chi connectivity index (χ0) is 18.6. The van der Waals surface area contributed by atoms with Gasteiger partial charge in [-0.25, -0.2) is 13.4 Å². The average Bonchev–Trinajstić information content (AvgIpc) is 2.61. The minimum atomic E-state index is -4.41. The second-order valence-electron chi connectivity index (χ2n) is 4.90. The number of aryl methyl sites for hydroxylation is 1. The Morgan fingerprint density at radius 3 is 1.64 bits per heavy atom. The first-order valence-corrected chi connectivity index (χ1v) is 8.46. The van der Waals surface area contributed by atoms with Crippen molar-refractivity contribution in [3.05, 3.63) is 36.4 Å². The van der Waals surface area contributed by atoms with Crippen LogP contribution in [0.15, 0.2) is 36.4 Å². The zero-order valence-corrected chi connectivity index (χ0v) is 15.0. The van der Waals surface area contributed by atoms with Crippen molar-refractivity contribution < 1.29 is 31.2 Å². The molecule has 1 aromatic heterocycles. The number of hydrogen-bond acceptors (Lipinski definition) is 7. The molecule has 0 aliphatic carbocycles. The Morgan fingerprint density at radius 2 is 1.32 bits per heavy atom. The topological polar surface area (TPSA) is 102 Å². The van der Waals surface area contributed by atoms with Gasteiger partial charge in [-0.3, -0.25) is 4.18 Å². The molecule has 0 saturated heterocycles. The molecule has 8 nitrogen and oxygen atoms in total. The highest BCUT2D eigenvalue weighted by Crippen LogP contribution is 2.27. The van der Waals surface area contributed by atoms with Crippen LogP contribution in [-0.2, 0) is 21.6 Å². The van der Waals surface area contributed by atoms with Gasteiger partial charge in [-0.2, -0.15) is 4.57 Å². The Bertz CT molecular complexity index is 942. The Hall–Kier alpha value is -2.49. The molecule has 3 aromatic rings. The number of benzene rings is 2. The van der Waals surface area contributed by atoms with Gasteiger partial charge in [-0.05, 0) is 12.1 Å². The number of nitrogens with zero attached hydrogens (tertiary/aromatic N) is 2. The lowest BCUT2D eigenvalue weighted by atomic mass is 10.2. The normalized spacial score (nSPS) is 11.1. The van der Waals surface area contributed by atoms with Gasteiger partial charge in [0.1, 0.15) is 7.05 Å². The number of fused-ring (bicyclic) bond motifs is 2. The highest BCUT2D eigenvalue weighted by atomic mass is 32.3. The molecule has 25 heavy (non-hydrogen) atoms. The van der Waals surface area contributed by atoms with Crippen molar-refractivity contribution in [1.82, 2.24) is 4.98 Å². The van der Waals surface area contributed by atoms with Gasteiger partial charge in [0, 0.05) is 12.1 Å². The molecule has 0 atom stereocenters. The SMILES string of the molecule is COS(=O)(=O)[O-].COc1cccc2c1nc1c(OC)cccc1[n+]2C. The summed E-state index contributed by atoms with van der Waals surface area (Å²) in [5.41, 5.74) is 3.73. The van der Waals surface area contributed by atoms with Crippen LogP contribution in [0, 0.1) is 0 Å². The van der Waals surface area contributed by atoms with Crippen LogP contribution in [0.3, 0.4) is 0 Å². The van der Waals surface area contributed by atoms with Gasteiger partial charge in [0.05, 0.1) is 21.3 Å². The van der Waals surface area contributed by atoms with E-state index in [1.807, 2.05) is 43.4 Å². The molecular weight excluding hydrogens is 348 g/mol. The van der Waals surface area contributed by atoms with E-state index in [9.17, 15) is 13.0 Å². The zero-order valence-electron chi connectivity index (χ0n) is 14.2. The third kappa shape index (κ3) is 4.13. The quantitative estimate of drug-likeness (QED) is 0.298. The monoisotopic (exact) mass is 366 g/mol. The fraction of sp³-hybridized carbons (Fsp3) is 0.250. The van der Waals surface area contributed by atoms with E-state index in [1.165, 1.54) is 0 Å². The molecule has 2 aromatic carbocycles. The Morgan fingerprint density at radius 1 is 0.920 bits per heavy atom. The average molecular weight is 366 g/mol. The van der Waals surface area contributed by atoms with Crippen LogP contribution in [0.2, 0.25) is 0 Å². The van der Waals surface area contributed by atoms with Crippen LogP contribution in [0.5, 0.6) is 11.5 Å². The maximum absolute atomic E-state index is 9.22. The van der Waals surface area contributed by atoms with E-state index in [0.717, 1.165) is 40.7 Å².